The van der Waals surface area contributed by atoms with Crippen LogP contribution in [0.5, 0.6) is 12.0 Å². The van der Waals surface area contributed by atoms with Crippen molar-refractivity contribution >= 4 is 11.9 Å². The minimum absolute atomic E-state index is 0.0194. The number of hydrogen-bond donors (Lipinski definition) is 2. The Bertz CT molecular complexity index is 392. The van der Waals surface area contributed by atoms with Crippen molar-refractivity contribution in [3.8, 4) is 12.0 Å². The lowest BCUT2D eigenvalue weighted by molar-refractivity contribution is -0.142. The molecule has 0 aliphatic heterocycles. The van der Waals surface area contributed by atoms with Crippen molar-refractivity contribution in [2.45, 2.75) is 6.04 Å². The second-order valence-corrected chi connectivity index (χ2v) is 3.04. The topological polar surface area (TPSA) is 116 Å². The molecule has 0 bridgehead atoms. The van der Waals surface area contributed by atoms with Gasteiger partial charge in [0.15, 0.2) is 6.04 Å². The van der Waals surface area contributed by atoms with E-state index in [4.69, 9.17) is 14.6 Å². The molecule has 100 valence electrons. The molecule has 0 amide bonds. The molecule has 0 radical (unpaired) electrons. The Balaban J connectivity index is 2.91. The number of aliphatic hydroxyl groups excluding tert-OH is 1. The number of ether oxygens (including phenoxy) is 3. The molecular formula is C9H14N4O5. The van der Waals surface area contributed by atoms with Crippen molar-refractivity contribution in [3.05, 3.63) is 0 Å². The van der Waals surface area contributed by atoms with Gasteiger partial charge in [-0.25, -0.2) is 4.79 Å². The van der Waals surface area contributed by atoms with E-state index < -0.39 is 18.6 Å². The summed E-state index contributed by atoms with van der Waals surface area (Å²) in [4.78, 5) is 22.8. The molecule has 0 aliphatic rings. The highest BCUT2D eigenvalue weighted by molar-refractivity contribution is 5.78. The van der Waals surface area contributed by atoms with Crippen LogP contribution in [-0.2, 0) is 9.53 Å². The number of nitrogens with zero attached hydrogens (tertiary/aromatic N) is 3. The van der Waals surface area contributed by atoms with Crippen LogP contribution in [0.15, 0.2) is 0 Å². The number of carbonyl (C=O) groups excluding carboxylic acids is 1. The maximum Gasteiger partial charge on any atom is 0.330 e. The first-order valence-electron chi connectivity index (χ1n) is 4.93. The zero-order valence-electron chi connectivity index (χ0n) is 10.2. The average molecular weight is 258 g/mol. The number of carbonyl (C=O) groups is 1. The summed E-state index contributed by atoms with van der Waals surface area (Å²) in [5.41, 5.74) is 0. The lowest BCUT2D eigenvalue weighted by Gasteiger charge is -2.14. The number of nitrogens with one attached hydrogen (secondary N) is 1. The Morgan fingerprint density at radius 2 is 1.78 bits per heavy atom. The second-order valence-electron chi connectivity index (χ2n) is 3.04. The van der Waals surface area contributed by atoms with Gasteiger partial charge in [0.2, 0.25) is 5.95 Å². The Morgan fingerprint density at radius 3 is 2.17 bits per heavy atom. The van der Waals surface area contributed by atoms with Gasteiger partial charge in [0.05, 0.1) is 27.9 Å². The zero-order valence-corrected chi connectivity index (χ0v) is 10.2. The van der Waals surface area contributed by atoms with Crippen molar-refractivity contribution in [2.75, 3.05) is 33.3 Å². The van der Waals surface area contributed by atoms with Gasteiger partial charge in [-0.05, 0) is 0 Å². The van der Waals surface area contributed by atoms with Gasteiger partial charge in [-0.2, -0.15) is 9.97 Å². The van der Waals surface area contributed by atoms with Gasteiger partial charge in [0.25, 0.3) is 0 Å². The SMILES string of the molecule is COC(=O)C(CO)Nc1nc(OC)nc(OC)n1. The van der Waals surface area contributed by atoms with Crippen LogP contribution in [0.3, 0.4) is 0 Å². The molecule has 9 heteroatoms. The first-order valence-corrected chi connectivity index (χ1v) is 4.93. The van der Waals surface area contributed by atoms with Crippen LogP contribution in [0.1, 0.15) is 0 Å². The molecule has 1 heterocycles. The molecule has 1 rings (SSSR count). The molecule has 1 aromatic heterocycles. The molecule has 1 aromatic rings. The largest absolute Gasteiger partial charge is 0.467 e. The maximum absolute atomic E-state index is 11.3. The summed E-state index contributed by atoms with van der Waals surface area (Å²) in [6.45, 7) is -0.469. The number of hydrogen-bond acceptors (Lipinski definition) is 9. The molecule has 0 aromatic carbocycles. The number of esters is 1. The van der Waals surface area contributed by atoms with Gasteiger partial charge in [-0.3, -0.25) is 0 Å². The van der Waals surface area contributed by atoms with Crippen molar-refractivity contribution < 1.29 is 24.1 Å². The Kier molecular flexibility index (Phi) is 5.06. The standard InChI is InChI=1S/C9H14N4O5/c1-16-6(15)5(4-14)10-7-11-8(17-2)13-9(12-7)18-3/h5,14H,4H2,1-3H3,(H,10,11,12,13). The van der Waals surface area contributed by atoms with E-state index >= 15 is 0 Å². The van der Waals surface area contributed by atoms with Gasteiger partial charge in [0.1, 0.15) is 0 Å². The zero-order chi connectivity index (χ0) is 13.5. The highest BCUT2D eigenvalue weighted by Crippen LogP contribution is 2.12. The van der Waals surface area contributed by atoms with Crippen LogP contribution in [-0.4, -0.2) is 60.0 Å². The number of aromatic nitrogens is 3. The first kappa shape index (κ1) is 13.9. The quantitative estimate of drug-likeness (QED) is 0.609. The molecule has 0 fully saturated rings. The first-order chi connectivity index (χ1) is 8.64. The summed E-state index contributed by atoms with van der Waals surface area (Å²) < 4.78 is 14.2. The predicted octanol–water partition coefficient (Wildman–Crippen LogP) is -1.17. The number of rotatable bonds is 6. The molecule has 2 N–H and O–H groups in total. The van der Waals surface area contributed by atoms with Crippen molar-refractivity contribution in [2.24, 2.45) is 0 Å². The summed E-state index contributed by atoms with van der Waals surface area (Å²) in [6.07, 6.45) is 0. The van der Waals surface area contributed by atoms with E-state index in [9.17, 15) is 4.79 Å². The molecule has 1 atom stereocenters. The fourth-order valence-corrected chi connectivity index (χ4v) is 1.06. The highest BCUT2D eigenvalue weighted by atomic mass is 16.5. The smallest absolute Gasteiger partial charge is 0.330 e. The van der Waals surface area contributed by atoms with Gasteiger partial charge >= 0.3 is 18.0 Å². The lowest BCUT2D eigenvalue weighted by atomic mass is 10.3. The monoisotopic (exact) mass is 258 g/mol. The third-order valence-electron chi connectivity index (χ3n) is 1.93. The van der Waals surface area contributed by atoms with Crippen LogP contribution in [0.25, 0.3) is 0 Å². The van der Waals surface area contributed by atoms with E-state index in [2.05, 4.69) is 25.0 Å². The summed E-state index contributed by atoms with van der Waals surface area (Å²) in [6, 6.07) is -0.941. The molecule has 0 aliphatic carbocycles. The molecule has 0 saturated heterocycles. The van der Waals surface area contributed by atoms with Gasteiger partial charge < -0.3 is 24.6 Å². The summed E-state index contributed by atoms with van der Waals surface area (Å²) >= 11 is 0. The van der Waals surface area contributed by atoms with E-state index in [-0.39, 0.29) is 18.0 Å². The van der Waals surface area contributed by atoms with Crippen LogP contribution in [0.2, 0.25) is 0 Å². The van der Waals surface area contributed by atoms with Crippen molar-refractivity contribution in [1.29, 1.82) is 0 Å². The fraction of sp³-hybridized carbons (Fsp3) is 0.556. The Labute approximate surface area is 103 Å². The second kappa shape index (κ2) is 6.55. The number of aliphatic hydroxyl groups is 1. The molecule has 18 heavy (non-hydrogen) atoms. The summed E-state index contributed by atoms with van der Waals surface area (Å²) in [7, 11) is 3.96. The van der Waals surface area contributed by atoms with Gasteiger partial charge in [-0.15, -0.1) is 4.98 Å². The summed E-state index contributed by atoms with van der Waals surface area (Å²) in [5.74, 6) is -0.612. The normalized spacial score (nSPS) is 11.6. The third kappa shape index (κ3) is 3.42. The van der Waals surface area contributed by atoms with Gasteiger partial charge in [0, 0.05) is 0 Å². The average Bonchev–Trinajstić information content (AvgIpc) is 2.43. The van der Waals surface area contributed by atoms with Crippen molar-refractivity contribution in [3.63, 3.8) is 0 Å². The minimum Gasteiger partial charge on any atom is -0.467 e. The van der Waals surface area contributed by atoms with Crippen LogP contribution in [0, 0.1) is 0 Å². The summed E-state index contributed by atoms with van der Waals surface area (Å²) in [5, 5.41) is 11.6. The minimum atomic E-state index is -0.980. The molecular weight excluding hydrogens is 244 g/mol. The maximum atomic E-state index is 11.3. The van der Waals surface area contributed by atoms with E-state index in [1.165, 1.54) is 21.3 Å². The molecule has 9 nitrogen and oxygen atoms in total. The van der Waals surface area contributed by atoms with Crippen LogP contribution >= 0.6 is 0 Å². The van der Waals surface area contributed by atoms with E-state index in [1.54, 1.807) is 0 Å². The van der Waals surface area contributed by atoms with Crippen LogP contribution in [0.4, 0.5) is 5.95 Å². The van der Waals surface area contributed by atoms with E-state index in [0.29, 0.717) is 0 Å². The molecule has 1 unspecified atom stereocenters. The number of anilines is 1. The Morgan fingerprint density at radius 1 is 1.22 bits per heavy atom. The van der Waals surface area contributed by atoms with E-state index in [1.807, 2.05) is 0 Å². The highest BCUT2D eigenvalue weighted by Gasteiger charge is 2.20. The fourth-order valence-electron chi connectivity index (χ4n) is 1.06. The van der Waals surface area contributed by atoms with E-state index in [0.717, 1.165) is 0 Å². The number of methoxy groups -OCH3 is 3. The Hall–Kier alpha value is -2.16. The predicted molar refractivity (Wildman–Crippen MR) is 59.4 cm³/mol. The molecule has 0 saturated carbocycles. The van der Waals surface area contributed by atoms with Crippen LogP contribution < -0.4 is 14.8 Å². The third-order valence-corrected chi connectivity index (χ3v) is 1.93. The van der Waals surface area contributed by atoms with Crippen molar-refractivity contribution in [1.82, 2.24) is 15.0 Å². The lowest BCUT2D eigenvalue weighted by Crippen LogP contribution is -2.34. The van der Waals surface area contributed by atoms with Gasteiger partial charge in [-0.1, -0.05) is 0 Å². The molecule has 0 spiro atoms.